The van der Waals surface area contributed by atoms with Gasteiger partial charge in [0, 0.05) is 13.0 Å². The van der Waals surface area contributed by atoms with Crippen LogP contribution in [-0.4, -0.2) is 23.2 Å². The van der Waals surface area contributed by atoms with Crippen LogP contribution in [0.4, 0.5) is 0 Å². The highest BCUT2D eigenvalue weighted by Gasteiger charge is 2.32. The van der Waals surface area contributed by atoms with Crippen LogP contribution in [0.25, 0.3) is 0 Å². The minimum atomic E-state index is -0.664. The van der Waals surface area contributed by atoms with E-state index < -0.39 is 5.60 Å². The molecule has 1 aliphatic carbocycles. The smallest absolute Gasteiger partial charge is 0.220 e. The van der Waals surface area contributed by atoms with Gasteiger partial charge in [0.25, 0.3) is 0 Å². The van der Waals surface area contributed by atoms with E-state index in [9.17, 15) is 9.90 Å². The first-order valence-electron chi connectivity index (χ1n) is 6.94. The second-order valence-corrected chi connectivity index (χ2v) is 5.92. The summed E-state index contributed by atoms with van der Waals surface area (Å²) >= 11 is 0. The zero-order valence-corrected chi connectivity index (χ0v) is 11.5. The van der Waals surface area contributed by atoms with E-state index in [1.54, 1.807) is 0 Å². The zero-order valence-electron chi connectivity index (χ0n) is 11.5. The summed E-state index contributed by atoms with van der Waals surface area (Å²) in [5.74, 6) is 1.07. The molecule has 0 aromatic heterocycles. The molecule has 0 radical (unpaired) electrons. The van der Waals surface area contributed by atoms with Crippen LogP contribution in [0.5, 0.6) is 0 Å². The molecule has 1 aliphatic rings. The van der Waals surface area contributed by atoms with Gasteiger partial charge in [0.2, 0.25) is 5.91 Å². The maximum atomic E-state index is 11.7. The third kappa shape index (κ3) is 5.07. The van der Waals surface area contributed by atoms with Crippen molar-refractivity contribution >= 4 is 5.91 Å². The number of aliphatic hydroxyl groups is 1. The Labute approximate surface area is 105 Å². The molecule has 3 heteroatoms. The fraction of sp³-hybridized carbons (Fsp3) is 0.929. The van der Waals surface area contributed by atoms with Gasteiger partial charge in [0.1, 0.15) is 0 Å². The number of amides is 1. The highest BCUT2D eigenvalue weighted by Crippen LogP contribution is 2.31. The van der Waals surface area contributed by atoms with Gasteiger partial charge in [0.05, 0.1) is 5.60 Å². The van der Waals surface area contributed by atoms with Gasteiger partial charge in [0.15, 0.2) is 0 Å². The molecule has 2 N–H and O–H groups in total. The lowest BCUT2D eigenvalue weighted by Crippen LogP contribution is -2.46. The van der Waals surface area contributed by atoms with Crippen molar-refractivity contribution in [3.8, 4) is 0 Å². The van der Waals surface area contributed by atoms with Crippen LogP contribution in [0.15, 0.2) is 0 Å². The molecule has 100 valence electrons. The molecule has 0 saturated heterocycles. The molecule has 17 heavy (non-hydrogen) atoms. The second kappa shape index (κ2) is 6.39. The lowest BCUT2D eigenvalue weighted by atomic mass is 9.79. The Balaban J connectivity index is 2.31. The SMILES string of the molecule is CCC(C)CC(=O)NCC1(O)CCCC(C)C1. The number of hydrogen-bond donors (Lipinski definition) is 2. The number of carbonyl (C=O) groups excluding carboxylic acids is 1. The van der Waals surface area contributed by atoms with Crippen LogP contribution in [0.3, 0.4) is 0 Å². The highest BCUT2D eigenvalue weighted by atomic mass is 16.3. The summed E-state index contributed by atoms with van der Waals surface area (Å²) < 4.78 is 0. The topological polar surface area (TPSA) is 49.3 Å². The second-order valence-electron chi connectivity index (χ2n) is 5.92. The average molecular weight is 241 g/mol. The van der Waals surface area contributed by atoms with E-state index in [0.29, 0.717) is 24.8 Å². The van der Waals surface area contributed by atoms with E-state index in [1.807, 2.05) is 0 Å². The van der Waals surface area contributed by atoms with Crippen LogP contribution in [-0.2, 0) is 4.79 Å². The van der Waals surface area contributed by atoms with E-state index in [0.717, 1.165) is 25.7 Å². The lowest BCUT2D eigenvalue weighted by Gasteiger charge is -2.35. The summed E-state index contributed by atoms with van der Waals surface area (Å²) in [6.45, 7) is 6.77. The maximum absolute atomic E-state index is 11.7. The Kier molecular flexibility index (Phi) is 5.44. The van der Waals surface area contributed by atoms with Crippen molar-refractivity contribution in [2.45, 2.75) is 64.9 Å². The highest BCUT2D eigenvalue weighted by molar-refractivity contribution is 5.76. The van der Waals surface area contributed by atoms with Crippen molar-refractivity contribution in [2.24, 2.45) is 11.8 Å². The van der Waals surface area contributed by atoms with E-state index in [-0.39, 0.29) is 5.91 Å². The summed E-state index contributed by atoms with van der Waals surface area (Å²) in [4.78, 5) is 11.7. The fourth-order valence-corrected chi connectivity index (χ4v) is 2.59. The minimum Gasteiger partial charge on any atom is -0.388 e. The average Bonchev–Trinajstić information content (AvgIpc) is 2.26. The largest absolute Gasteiger partial charge is 0.388 e. The van der Waals surface area contributed by atoms with Gasteiger partial charge in [-0.3, -0.25) is 4.79 Å². The number of carbonyl (C=O) groups is 1. The van der Waals surface area contributed by atoms with E-state index >= 15 is 0 Å². The minimum absolute atomic E-state index is 0.0750. The van der Waals surface area contributed by atoms with Gasteiger partial charge < -0.3 is 10.4 Å². The Hall–Kier alpha value is -0.570. The molecule has 0 aromatic carbocycles. The molecular formula is C14H27NO2. The summed E-state index contributed by atoms with van der Waals surface area (Å²) in [6.07, 6.45) is 5.50. The monoisotopic (exact) mass is 241 g/mol. The Bertz CT molecular complexity index is 255. The fourth-order valence-electron chi connectivity index (χ4n) is 2.59. The molecule has 0 aliphatic heterocycles. The molecule has 3 atom stereocenters. The van der Waals surface area contributed by atoms with Crippen LogP contribution in [0.1, 0.15) is 59.3 Å². The van der Waals surface area contributed by atoms with Gasteiger partial charge in [-0.2, -0.15) is 0 Å². The molecule has 0 aromatic rings. The van der Waals surface area contributed by atoms with Gasteiger partial charge >= 0.3 is 0 Å². The van der Waals surface area contributed by atoms with Crippen molar-refractivity contribution in [1.29, 1.82) is 0 Å². The van der Waals surface area contributed by atoms with Gasteiger partial charge in [-0.15, -0.1) is 0 Å². The van der Waals surface area contributed by atoms with Crippen LogP contribution >= 0.6 is 0 Å². The Morgan fingerprint density at radius 3 is 2.88 bits per heavy atom. The third-order valence-electron chi connectivity index (χ3n) is 3.91. The van der Waals surface area contributed by atoms with E-state index in [4.69, 9.17) is 0 Å². The predicted molar refractivity (Wildman–Crippen MR) is 69.7 cm³/mol. The first-order valence-corrected chi connectivity index (χ1v) is 6.94. The maximum Gasteiger partial charge on any atom is 0.220 e. The van der Waals surface area contributed by atoms with Gasteiger partial charge in [-0.05, 0) is 24.7 Å². The van der Waals surface area contributed by atoms with Crippen LogP contribution in [0.2, 0.25) is 0 Å². The molecule has 0 heterocycles. The number of nitrogens with one attached hydrogen (secondary N) is 1. The van der Waals surface area contributed by atoms with Gasteiger partial charge in [-0.25, -0.2) is 0 Å². The summed E-state index contributed by atoms with van der Waals surface area (Å²) in [6, 6.07) is 0. The Morgan fingerprint density at radius 1 is 1.59 bits per heavy atom. The van der Waals surface area contributed by atoms with Crippen molar-refractivity contribution < 1.29 is 9.90 Å². The van der Waals surface area contributed by atoms with Crippen molar-refractivity contribution in [3.05, 3.63) is 0 Å². The molecule has 1 fully saturated rings. The van der Waals surface area contributed by atoms with Gasteiger partial charge in [-0.1, -0.05) is 40.0 Å². The molecule has 1 saturated carbocycles. The standard InChI is InChI=1S/C14H27NO2/c1-4-11(2)8-13(16)15-10-14(17)7-5-6-12(3)9-14/h11-12,17H,4-10H2,1-3H3,(H,15,16). The lowest BCUT2D eigenvalue weighted by molar-refractivity contribution is -0.123. The number of rotatable bonds is 5. The first kappa shape index (κ1) is 14.5. The van der Waals surface area contributed by atoms with Crippen molar-refractivity contribution in [1.82, 2.24) is 5.32 Å². The zero-order chi connectivity index (χ0) is 12.9. The normalized spacial score (nSPS) is 30.9. The number of hydrogen-bond acceptors (Lipinski definition) is 2. The summed E-state index contributed by atoms with van der Waals surface area (Å²) in [7, 11) is 0. The molecule has 1 rings (SSSR count). The third-order valence-corrected chi connectivity index (χ3v) is 3.91. The molecule has 3 nitrogen and oxygen atoms in total. The van der Waals surface area contributed by atoms with Crippen molar-refractivity contribution in [3.63, 3.8) is 0 Å². The summed E-state index contributed by atoms with van der Waals surface area (Å²) in [5, 5.41) is 13.3. The Morgan fingerprint density at radius 2 is 2.29 bits per heavy atom. The van der Waals surface area contributed by atoms with E-state index in [2.05, 4.69) is 26.1 Å². The van der Waals surface area contributed by atoms with Crippen LogP contribution in [0, 0.1) is 11.8 Å². The molecule has 3 unspecified atom stereocenters. The van der Waals surface area contributed by atoms with Crippen LogP contribution < -0.4 is 5.32 Å². The molecule has 0 spiro atoms. The molecular weight excluding hydrogens is 214 g/mol. The van der Waals surface area contributed by atoms with Crippen molar-refractivity contribution in [2.75, 3.05) is 6.54 Å². The first-order chi connectivity index (χ1) is 7.95. The molecule has 1 amide bonds. The predicted octanol–water partition coefficient (Wildman–Crippen LogP) is 2.48. The molecule has 0 bridgehead atoms. The van der Waals surface area contributed by atoms with E-state index in [1.165, 1.54) is 6.42 Å². The summed E-state index contributed by atoms with van der Waals surface area (Å²) in [5.41, 5.74) is -0.664. The quantitative estimate of drug-likeness (QED) is 0.777.